The summed E-state index contributed by atoms with van der Waals surface area (Å²) in [6, 6.07) is 1.33. The van der Waals surface area contributed by atoms with E-state index in [1.807, 2.05) is 0 Å². The standard InChI is InChI=1S/C9H10F3NO3/c1-16-8-3-5(9(10,11)12)2-7(14)6(8)4-13-15/h2-3,13-15H,4H2,1H3. The Kier molecular flexibility index (Phi) is 3.61. The van der Waals surface area contributed by atoms with Gasteiger partial charge in [-0.2, -0.15) is 13.2 Å². The van der Waals surface area contributed by atoms with Gasteiger partial charge in [0.1, 0.15) is 11.5 Å². The highest BCUT2D eigenvalue weighted by molar-refractivity contribution is 5.48. The van der Waals surface area contributed by atoms with Crippen molar-refractivity contribution >= 4 is 0 Å². The van der Waals surface area contributed by atoms with E-state index in [1.165, 1.54) is 7.11 Å². The summed E-state index contributed by atoms with van der Waals surface area (Å²) in [5, 5.41) is 17.8. The predicted octanol–water partition coefficient (Wildman–Crippen LogP) is 1.90. The van der Waals surface area contributed by atoms with Crippen molar-refractivity contribution < 1.29 is 28.2 Å². The summed E-state index contributed by atoms with van der Waals surface area (Å²) in [5.74, 6) is -0.734. The van der Waals surface area contributed by atoms with Crippen molar-refractivity contribution in [3.63, 3.8) is 0 Å². The van der Waals surface area contributed by atoms with E-state index in [-0.39, 0.29) is 17.9 Å². The Morgan fingerprint density at radius 3 is 2.44 bits per heavy atom. The maximum absolute atomic E-state index is 12.4. The van der Waals surface area contributed by atoms with Crippen LogP contribution in [0.1, 0.15) is 11.1 Å². The van der Waals surface area contributed by atoms with Crippen molar-refractivity contribution in [3.05, 3.63) is 23.3 Å². The zero-order valence-electron chi connectivity index (χ0n) is 8.30. The second-order valence-corrected chi connectivity index (χ2v) is 3.01. The van der Waals surface area contributed by atoms with Gasteiger partial charge >= 0.3 is 6.18 Å². The van der Waals surface area contributed by atoms with E-state index in [4.69, 9.17) is 9.94 Å². The molecule has 0 heterocycles. The van der Waals surface area contributed by atoms with E-state index < -0.39 is 17.5 Å². The van der Waals surface area contributed by atoms with Gasteiger partial charge in [-0.15, -0.1) is 0 Å². The molecule has 0 spiro atoms. The van der Waals surface area contributed by atoms with Crippen molar-refractivity contribution in [3.8, 4) is 11.5 Å². The monoisotopic (exact) mass is 237 g/mol. The van der Waals surface area contributed by atoms with Crippen molar-refractivity contribution in [1.29, 1.82) is 0 Å². The molecule has 0 aliphatic heterocycles. The molecule has 4 nitrogen and oxygen atoms in total. The van der Waals surface area contributed by atoms with E-state index >= 15 is 0 Å². The van der Waals surface area contributed by atoms with Gasteiger partial charge in [0, 0.05) is 0 Å². The minimum atomic E-state index is -4.56. The molecule has 0 radical (unpaired) electrons. The molecule has 7 heteroatoms. The number of hydrogen-bond acceptors (Lipinski definition) is 4. The summed E-state index contributed by atoms with van der Waals surface area (Å²) >= 11 is 0. The van der Waals surface area contributed by atoms with Gasteiger partial charge in [-0.25, -0.2) is 5.48 Å². The average molecular weight is 237 g/mol. The van der Waals surface area contributed by atoms with Gasteiger partial charge in [-0.1, -0.05) is 0 Å². The molecule has 0 atom stereocenters. The van der Waals surface area contributed by atoms with Gasteiger partial charge < -0.3 is 15.1 Å². The Balaban J connectivity index is 3.26. The van der Waals surface area contributed by atoms with Crippen LogP contribution in [-0.2, 0) is 12.7 Å². The maximum Gasteiger partial charge on any atom is 0.416 e. The summed E-state index contributed by atoms with van der Waals surface area (Å²) in [5.41, 5.74) is 0.780. The van der Waals surface area contributed by atoms with Crippen LogP contribution < -0.4 is 10.2 Å². The van der Waals surface area contributed by atoms with Crippen molar-refractivity contribution in [1.82, 2.24) is 5.48 Å². The number of alkyl halides is 3. The topological polar surface area (TPSA) is 61.7 Å². The lowest BCUT2D eigenvalue weighted by molar-refractivity contribution is -0.137. The highest BCUT2D eigenvalue weighted by atomic mass is 19.4. The Hall–Kier alpha value is -1.47. The van der Waals surface area contributed by atoms with Crippen LogP contribution in [0.25, 0.3) is 0 Å². The molecule has 0 unspecified atom stereocenters. The number of hydroxylamine groups is 1. The Morgan fingerprint density at radius 1 is 1.38 bits per heavy atom. The third kappa shape index (κ3) is 2.56. The summed E-state index contributed by atoms with van der Waals surface area (Å²) in [6.07, 6.45) is -4.56. The minimum absolute atomic E-state index is 0.0537. The highest BCUT2D eigenvalue weighted by Gasteiger charge is 2.32. The molecule has 0 aliphatic carbocycles. The lowest BCUT2D eigenvalue weighted by atomic mass is 10.1. The van der Waals surface area contributed by atoms with E-state index in [0.29, 0.717) is 6.07 Å². The molecule has 0 fully saturated rings. The van der Waals surface area contributed by atoms with Crippen LogP contribution in [0.4, 0.5) is 13.2 Å². The number of phenols is 1. The summed E-state index contributed by atoms with van der Waals surface area (Å²) in [6.45, 7) is -0.215. The van der Waals surface area contributed by atoms with Crippen LogP contribution in [0.2, 0.25) is 0 Å². The van der Waals surface area contributed by atoms with Crippen molar-refractivity contribution in [2.45, 2.75) is 12.7 Å². The molecule has 16 heavy (non-hydrogen) atoms. The van der Waals surface area contributed by atoms with E-state index in [1.54, 1.807) is 5.48 Å². The zero-order chi connectivity index (χ0) is 12.3. The molecular weight excluding hydrogens is 227 g/mol. The van der Waals surface area contributed by atoms with Crippen molar-refractivity contribution in [2.75, 3.05) is 7.11 Å². The first kappa shape index (κ1) is 12.6. The second-order valence-electron chi connectivity index (χ2n) is 3.01. The second kappa shape index (κ2) is 4.58. The minimum Gasteiger partial charge on any atom is -0.507 e. The van der Waals surface area contributed by atoms with Gasteiger partial charge in [-0.05, 0) is 12.1 Å². The van der Waals surface area contributed by atoms with E-state index in [2.05, 4.69) is 0 Å². The molecule has 3 N–H and O–H groups in total. The molecule has 0 amide bonds. The molecular formula is C9H10F3NO3. The SMILES string of the molecule is COc1cc(C(F)(F)F)cc(O)c1CNO. The lowest BCUT2D eigenvalue weighted by Gasteiger charge is -2.13. The lowest BCUT2D eigenvalue weighted by Crippen LogP contribution is -2.10. The van der Waals surface area contributed by atoms with Gasteiger partial charge in [-0.3, -0.25) is 0 Å². The fourth-order valence-electron chi connectivity index (χ4n) is 1.23. The number of hydrogen-bond donors (Lipinski definition) is 3. The number of methoxy groups -OCH3 is 1. The van der Waals surface area contributed by atoms with Crippen LogP contribution in [0.5, 0.6) is 11.5 Å². The van der Waals surface area contributed by atoms with Gasteiger partial charge in [0.2, 0.25) is 0 Å². The molecule has 0 saturated heterocycles. The van der Waals surface area contributed by atoms with E-state index in [9.17, 15) is 18.3 Å². The number of benzene rings is 1. The van der Waals surface area contributed by atoms with Gasteiger partial charge in [0.15, 0.2) is 0 Å². The van der Waals surface area contributed by atoms with Crippen LogP contribution in [-0.4, -0.2) is 17.4 Å². The quantitative estimate of drug-likeness (QED) is 0.702. The first-order valence-corrected chi connectivity index (χ1v) is 4.24. The molecule has 1 aromatic carbocycles. The average Bonchev–Trinajstić information content (AvgIpc) is 2.19. The largest absolute Gasteiger partial charge is 0.507 e. The number of halogens is 3. The maximum atomic E-state index is 12.4. The zero-order valence-corrected chi connectivity index (χ0v) is 8.30. The number of nitrogens with one attached hydrogen (secondary N) is 1. The van der Waals surface area contributed by atoms with Crippen LogP contribution in [0.15, 0.2) is 12.1 Å². The number of phenolic OH excluding ortho intramolecular Hbond substituents is 1. The first-order chi connectivity index (χ1) is 7.40. The molecule has 90 valence electrons. The van der Waals surface area contributed by atoms with Crippen LogP contribution >= 0.6 is 0 Å². The van der Waals surface area contributed by atoms with E-state index in [0.717, 1.165) is 6.07 Å². The van der Waals surface area contributed by atoms with Crippen molar-refractivity contribution in [2.24, 2.45) is 0 Å². The fourth-order valence-corrected chi connectivity index (χ4v) is 1.23. The third-order valence-electron chi connectivity index (χ3n) is 1.99. The fraction of sp³-hybridized carbons (Fsp3) is 0.333. The molecule has 1 rings (SSSR count). The highest BCUT2D eigenvalue weighted by Crippen LogP contribution is 2.37. The van der Waals surface area contributed by atoms with Gasteiger partial charge in [0.25, 0.3) is 0 Å². The van der Waals surface area contributed by atoms with Crippen LogP contribution in [0, 0.1) is 0 Å². The summed E-state index contributed by atoms with van der Waals surface area (Å²) in [7, 11) is 1.18. The summed E-state index contributed by atoms with van der Waals surface area (Å²) in [4.78, 5) is 0. The van der Waals surface area contributed by atoms with Gasteiger partial charge in [0.05, 0.1) is 24.8 Å². The molecule has 0 aromatic heterocycles. The molecule has 0 aliphatic rings. The number of ether oxygens (including phenoxy) is 1. The number of aromatic hydroxyl groups is 1. The third-order valence-corrected chi connectivity index (χ3v) is 1.99. The predicted molar refractivity (Wildman–Crippen MR) is 48.3 cm³/mol. The molecule has 0 bridgehead atoms. The Labute approximate surface area is 89.2 Å². The summed E-state index contributed by atoms with van der Waals surface area (Å²) < 4.78 is 41.8. The Bertz CT molecular complexity index is 379. The Morgan fingerprint density at radius 2 is 2.00 bits per heavy atom. The number of rotatable bonds is 3. The molecule has 1 aromatic rings. The van der Waals surface area contributed by atoms with Crippen LogP contribution in [0.3, 0.4) is 0 Å². The molecule has 0 saturated carbocycles. The normalized spacial score (nSPS) is 11.6. The smallest absolute Gasteiger partial charge is 0.416 e. The first-order valence-electron chi connectivity index (χ1n) is 4.24.